The third-order valence-corrected chi connectivity index (χ3v) is 1.40. The van der Waals surface area contributed by atoms with E-state index in [9.17, 15) is 14.4 Å². The zero-order valence-corrected chi connectivity index (χ0v) is 6.37. The number of ketones is 2. The molecule has 0 fully saturated rings. The van der Waals surface area contributed by atoms with Gasteiger partial charge in [-0.15, -0.1) is 0 Å². The highest BCUT2D eigenvalue weighted by atomic mass is 16.5. The summed E-state index contributed by atoms with van der Waals surface area (Å²) in [7, 11) is 1.27. The van der Waals surface area contributed by atoms with Gasteiger partial charge in [-0.1, -0.05) is 0 Å². The van der Waals surface area contributed by atoms with Crippen molar-refractivity contribution in [2.45, 2.75) is 0 Å². The van der Waals surface area contributed by atoms with Gasteiger partial charge in [0.15, 0.2) is 5.76 Å². The molecule has 62 valence electrons. The van der Waals surface area contributed by atoms with Gasteiger partial charge >= 0.3 is 0 Å². The fourth-order valence-corrected chi connectivity index (χ4v) is 0.817. The molecule has 0 amide bonds. The van der Waals surface area contributed by atoms with Crippen molar-refractivity contribution in [1.29, 1.82) is 0 Å². The summed E-state index contributed by atoms with van der Waals surface area (Å²) in [4.78, 5) is 32.0. The Morgan fingerprint density at radius 3 is 2.50 bits per heavy atom. The van der Waals surface area contributed by atoms with Crippen LogP contribution in [-0.4, -0.2) is 25.0 Å². The van der Waals surface area contributed by atoms with Gasteiger partial charge in [0.25, 0.3) is 5.78 Å². The smallest absolute Gasteiger partial charge is 0.267 e. The Morgan fingerprint density at radius 2 is 2.00 bits per heavy atom. The maximum atomic E-state index is 10.9. The highest BCUT2D eigenvalue weighted by Gasteiger charge is 2.22. The monoisotopic (exact) mass is 166 g/mol. The fraction of sp³-hybridized carbons (Fsp3) is 0.125. The van der Waals surface area contributed by atoms with Crippen LogP contribution >= 0.6 is 0 Å². The normalized spacial score (nSPS) is 16.8. The van der Waals surface area contributed by atoms with Crippen molar-refractivity contribution >= 4 is 17.9 Å². The van der Waals surface area contributed by atoms with Gasteiger partial charge in [-0.25, -0.2) is 0 Å². The van der Waals surface area contributed by atoms with Gasteiger partial charge in [0.2, 0.25) is 5.78 Å². The van der Waals surface area contributed by atoms with Crippen molar-refractivity contribution in [3.63, 3.8) is 0 Å². The molecule has 0 heterocycles. The molecule has 0 radical (unpaired) electrons. The van der Waals surface area contributed by atoms with Crippen molar-refractivity contribution in [2.24, 2.45) is 0 Å². The van der Waals surface area contributed by atoms with Crippen LogP contribution in [0.2, 0.25) is 0 Å². The van der Waals surface area contributed by atoms with E-state index in [4.69, 9.17) is 0 Å². The van der Waals surface area contributed by atoms with Crippen molar-refractivity contribution in [1.82, 2.24) is 0 Å². The van der Waals surface area contributed by atoms with Crippen LogP contribution in [0.1, 0.15) is 0 Å². The highest BCUT2D eigenvalue weighted by Crippen LogP contribution is 2.10. The molecule has 0 aromatic carbocycles. The van der Waals surface area contributed by atoms with E-state index in [2.05, 4.69) is 4.74 Å². The number of methoxy groups -OCH3 is 1. The van der Waals surface area contributed by atoms with Gasteiger partial charge in [-0.3, -0.25) is 14.4 Å². The summed E-state index contributed by atoms with van der Waals surface area (Å²) in [5.41, 5.74) is 0.149. The second-order valence-electron chi connectivity index (χ2n) is 2.17. The van der Waals surface area contributed by atoms with E-state index >= 15 is 0 Å². The van der Waals surface area contributed by atoms with E-state index in [0.29, 0.717) is 6.29 Å². The van der Waals surface area contributed by atoms with Crippen molar-refractivity contribution in [3.05, 3.63) is 23.5 Å². The number of hydrogen-bond acceptors (Lipinski definition) is 4. The summed E-state index contributed by atoms with van der Waals surface area (Å²) in [6.45, 7) is 0. The van der Waals surface area contributed by atoms with Gasteiger partial charge in [-0.05, 0) is 6.08 Å². The second kappa shape index (κ2) is 3.13. The summed E-state index contributed by atoms with van der Waals surface area (Å²) in [6.07, 6.45) is 2.71. The third kappa shape index (κ3) is 1.32. The van der Waals surface area contributed by atoms with Crippen LogP contribution < -0.4 is 0 Å². The number of carbonyl (C=O) groups is 3. The fourth-order valence-electron chi connectivity index (χ4n) is 0.817. The van der Waals surface area contributed by atoms with Crippen LogP contribution in [0.15, 0.2) is 23.5 Å². The minimum atomic E-state index is -0.726. The topological polar surface area (TPSA) is 60.4 Å². The number of Topliss-reactive ketones (excluding diaryl/α,β-unsaturated/α-hetero) is 1. The lowest BCUT2D eigenvalue weighted by Gasteiger charge is -2.06. The lowest BCUT2D eigenvalue weighted by molar-refractivity contribution is -0.133. The van der Waals surface area contributed by atoms with Crippen molar-refractivity contribution in [3.8, 4) is 0 Å². The molecule has 0 bridgehead atoms. The first kappa shape index (κ1) is 8.39. The van der Waals surface area contributed by atoms with E-state index in [1.165, 1.54) is 13.2 Å². The van der Waals surface area contributed by atoms with Crippen LogP contribution in [0.3, 0.4) is 0 Å². The predicted molar refractivity (Wildman–Crippen MR) is 39.3 cm³/mol. The van der Waals surface area contributed by atoms with Gasteiger partial charge in [0.05, 0.1) is 7.11 Å². The van der Waals surface area contributed by atoms with Gasteiger partial charge in [0.1, 0.15) is 6.29 Å². The average Bonchev–Trinajstić information content (AvgIpc) is 2.09. The first-order valence-electron chi connectivity index (χ1n) is 3.20. The Bertz CT molecular complexity index is 309. The molecule has 0 N–H and O–H groups in total. The maximum absolute atomic E-state index is 10.9. The average molecular weight is 166 g/mol. The van der Waals surface area contributed by atoms with Crippen LogP contribution in [-0.2, 0) is 19.1 Å². The Morgan fingerprint density at radius 1 is 1.33 bits per heavy atom. The second-order valence-corrected chi connectivity index (χ2v) is 2.17. The summed E-state index contributed by atoms with van der Waals surface area (Å²) < 4.78 is 4.60. The van der Waals surface area contributed by atoms with E-state index in [0.717, 1.165) is 6.08 Å². The molecular weight excluding hydrogens is 160 g/mol. The molecule has 1 rings (SSSR count). The lowest BCUT2D eigenvalue weighted by Crippen LogP contribution is -2.19. The maximum Gasteiger partial charge on any atom is 0.267 e. The van der Waals surface area contributed by atoms with Crippen molar-refractivity contribution in [2.75, 3.05) is 7.11 Å². The first-order chi connectivity index (χ1) is 5.69. The van der Waals surface area contributed by atoms with Gasteiger partial charge < -0.3 is 4.74 Å². The van der Waals surface area contributed by atoms with Crippen LogP contribution in [0, 0.1) is 0 Å². The number of ether oxygens (including phenoxy) is 1. The van der Waals surface area contributed by atoms with E-state index in [1.54, 1.807) is 0 Å². The standard InChI is InChI=1S/C8H6O4/c1-12-7-3-5(4-9)2-6(10)8(7)11/h2-4H,1H3. The number of carbonyl (C=O) groups excluding carboxylic acids is 3. The molecule has 4 heteroatoms. The SMILES string of the molecule is COC1=CC(C=O)=CC(=O)C1=O. The molecule has 0 aromatic rings. The van der Waals surface area contributed by atoms with Crippen molar-refractivity contribution < 1.29 is 19.1 Å². The first-order valence-corrected chi connectivity index (χ1v) is 3.20. The molecule has 1 aliphatic rings. The Balaban J connectivity index is 3.08. The minimum absolute atomic E-state index is 0.0930. The van der Waals surface area contributed by atoms with E-state index in [-0.39, 0.29) is 11.3 Å². The summed E-state index contributed by atoms with van der Waals surface area (Å²) in [5, 5.41) is 0. The number of aldehydes is 1. The quantitative estimate of drug-likeness (QED) is 0.323. The molecule has 0 aliphatic heterocycles. The highest BCUT2D eigenvalue weighted by molar-refractivity contribution is 6.48. The predicted octanol–water partition coefficient (Wildman–Crippen LogP) is -0.206. The molecular formula is C8H6O4. The third-order valence-electron chi connectivity index (χ3n) is 1.40. The van der Waals surface area contributed by atoms with E-state index in [1.807, 2.05) is 0 Å². The van der Waals surface area contributed by atoms with E-state index < -0.39 is 11.6 Å². The van der Waals surface area contributed by atoms with Crippen LogP contribution in [0.25, 0.3) is 0 Å². The summed E-state index contributed by atoms with van der Waals surface area (Å²) >= 11 is 0. The largest absolute Gasteiger partial charge is 0.492 e. The molecule has 4 nitrogen and oxygen atoms in total. The van der Waals surface area contributed by atoms with Crippen LogP contribution in [0.5, 0.6) is 0 Å². The zero-order chi connectivity index (χ0) is 9.14. The molecule has 1 aliphatic carbocycles. The van der Waals surface area contributed by atoms with Crippen LogP contribution in [0.4, 0.5) is 0 Å². The Hall–Kier alpha value is -1.71. The lowest BCUT2D eigenvalue weighted by atomic mass is 10.0. The number of rotatable bonds is 2. The zero-order valence-electron chi connectivity index (χ0n) is 6.37. The summed E-state index contributed by atoms with van der Waals surface area (Å²) in [5.74, 6) is -1.54. The molecule has 0 saturated heterocycles. The number of hydrogen-bond donors (Lipinski definition) is 0. The van der Waals surface area contributed by atoms with Gasteiger partial charge in [0, 0.05) is 11.6 Å². The molecule has 0 spiro atoms. The summed E-state index contributed by atoms with van der Waals surface area (Å²) in [6, 6.07) is 0. The Labute approximate surface area is 68.5 Å². The Kier molecular flexibility index (Phi) is 2.19. The molecule has 0 unspecified atom stereocenters. The molecule has 0 atom stereocenters. The molecule has 0 saturated carbocycles. The minimum Gasteiger partial charge on any atom is -0.492 e. The number of allylic oxidation sites excluding steroid dienone is 4. The molecule has 12 heavy (non-hydrogen) atoms. The molecule has 0 aromatic heterocycles. The van der Waals surface area contributed by atoms with Gasteiger partial charge in [-0.2, -0.15) is 0 Å².